The lowest BCUT2D eigenvalue weighted by atomic mass is 10.0. The van der Waals surface area contributed by atoms with Crippen LogP contribution in [-0.2, 0) is 4.79 Å². The summed E-state index contributed by atoms with van der Waals surface area (Å²) in [6.45, 7) is 5.63. The van der Waals surface area contributed by atoms with E-state index in [4.69, 9.17) is 0 Å². The van der Waals surface area contributed by atoms with Gasteiger partial charge in [-0.3, -0.25) is 4.79 Å². The number of carbonyl (C=O) groups is 1. The minimum Gasteiger partial charge on any atom is -0.343 e. The van der Waals surface area contributed by atoms with E-state index in [0.717, 1.165) is 30.1 Å². The molecular weight excluding hydrogens is 234 g/mol. The maximum atomic E-state index is 12.0. The molecule has 1 saturated heterocycles. The summed E-state index contributed by atoms with van der Waals surface area (Å²) in [7, 11) is 0. The van der Waals surface area contributed by atoms with Crippen molar-refractivity contribution in [2.75, 3.05) is 13.1 Å². The second-order valence-electron chi connectivity index (χ2n) is 4.14. The molecule has 0 radical (unpaired) electrons. The van der Waals surface area contributed by atoms with Gasteiger partial charge in [0.15, 0.2) is 0 Å². The molecule has 1 aromatic heterocycles. The molecule has 92 valence electrons. The zero-order valence-corrected chi connectivity index (χ0v) is 10.9. The highest BCUT2D eigenvalue weighted by atomic mass is 32.1. The molecule has 1 atom stereocenters. The molecule has 2 heterocycles. The quantitative estimate of drug-likeness (QED) is 0.800. The largest absolute Gasteiger partial charge is 0.343 e. The van der Waals surface area contributed by atoms with E-state index < -0.39 is 0 Å². The van der Waals surface area contributed by atoms with Gasteiger partial charge in [0.1, 0.15) is 5.01 Å². The maximum absolute atomic E-state index is 12.0. The summed E-state index contributed by atoms with van der Waals surface area (Å²) in [5, 5.41) is 9.10. The van der Waals surface area contributed by atoms with Crippen molar-refractivity contribution in [3.8, 4) is 0 Å². The second-order valence-corrected chi connectivity index (χ2v) is 5.06. The highest BCUT2D eigenvalue weighted by Gasteiger charge is 2.19. The SMILES string of the molecule is CCC(NC(=O)C(C)=C1CNC1)c1nccs1. The van der Waals surface area contributed by atoms with Crippen LogP contribution < -0.4 is 10.6 Å². The third kappa shape index (κ3) is 2.73. The number of nitrogens with one attached hydrogen (secondary N) is 2. The average Bonchev–Trinajstić information content (AvgIpc) is 2.76. The predicted octanol–water partition coefficient (Wildman–Crippen LogP) is 1.63. The summed E-state index contributed by atoms with van der Waals surface area (Å²) >= 11 is 1.58. The molecule has 2 N–H and O–H groups in total. The topological polar surface area (TPSA) is 54.0 Å². The zero-order valence-electron chi connectivity index (χ0n) is 10.1. The molecule has 2 rings (SSSR count). The van der Waals surface area contributed by atoms with Gasteiger partial charge >= 0.3 is 0 Å². The van der Waals surface area contributed by atoms with Crippen LogP contribution in [0.4, 0.5) is 0 Å². The Morgan fingerprint density at radius 3 is 2.88 bits per heavy atom. The first-order valence-electron chi connectivity index (χ1n) is 5.82. The van der Waals surface area contributed by atoms with E-state index in [1.165, 1.54) is 5.57 Å². The van der Waals surface area contributed by atoms with Crippen molar-refractivity contribution < 1.29 is 4.79 Å². The highest BCUT2D eigenvalue weighted by Crippen LogP contribution is 2.19. The predicted molar refractivity (Wildman–Crippen MR) is 68.9 cm³/mol. The molecule has 5 heteroatoms. The zero-order chi connectivity index (χ0) is 12.3. The van der Waals surface area contributed by atoms with Gasteiger partial charge in [-0.2, -0.15) is 0 Å². The average molecular weight is 251 g/mol. The molecule has 17 heavy (non-hydrogen) atoms. The fourth-order valence-corrected chi connectivity index (χ4v) is 2.46. The number of thiazole rings is 1. The molecule has 0 bridgehead atoms. The monoisotopic (exact) mass is 251 g/mol. The molecule has 1 fully saturated rings. The number of carbonyl (C=O) groups excluding carboxylic acids is 1. The first-order valence-corrected chi connectivity index (χ1v) is 6.70. The summed E-state index contributed by atoms with van der Waals surface area (Å²) < 4.78 is 0. The molecule has 0 aliphatic carbocycles. The molecule has 0 aromatic carbocycles. The van der Waals surface area contributed by atoms with Crippen LogP contribution in [0.25, 0.3) is 0 Å². The second kappa shape index (κ2) is 5.42. The summed E-state index contributed by atoms with van der Waals surface area (Å²) in [5.74, 6) is 0.0311. The standard InChI is InChI=1S/C12H17N3OS/c1-3-10(12-14-4-5-17-12)15-11(16)8(2)9-6-13-7-9/h4-5,10,13H,3,6-7H2,1-2H3,(H,15,16). The smallest absolute Gasteiger partial charge is 0.247 e. The number of rotatable bonds is 4. The Balaban J connectivity index is 2.02. The van der Waals surface area contributed by atoms with Crippen LogP contribution in [-0.4, -0.2) is 24.0 Å². The first kappa shape index (κ1) is 12.3. The Kier molecular flexibility index (Phi) is 3.91. The van der Waals surface area contributed by atoms with E-state index in [1.807, 2.05) is 12.3 Å². The van der Waals surface area contributed by atoms with E-state index >= 15 is 0 Å². The normalized spacial score (nSPS) is 16.2. The van der Waals surface area contributed by atoms with Crippen molar-refractivity contribution in [2.45, 2.75) is 26.3 Å². The van der Waals surface area contributed by atoms with Gasteiger partial charge in [0.05, 0.1) is 6.04 Å². The number of hydrogen-bond donors (Lipinski definition) is 2. The Hall–Kier alpha value is -1.20. The lowest BCUT2D eigenvalue weighted by Crippen LogP contribution is -2.38. The fourth-order valence-electron chi connectivity index (χ4n) is 1.69. The maximum Gasteiger partial charge on any atom is 0.247 e. The molecule has 1 aliphatic rings. The van der Waals surface area contributed by atoms with Crippen LogP contribution in [0.5, 0.6) is 0 Å². The van der Waals surface area contributed by atoms with Crippen LogP contribution >= 0.6 is 11.3 Å². The van der Waals surface area contributed by atoms with Crippen LogP contribution in [0, 0.1) is 0 Å². The van der Waals surface area contributed by atoms with Gasteiger partial charge in [0, 0.05) is 30.2 Å². The molecule has 0 saturated carbocycles. The van der Waals surface area contributed by atoms with Gasteiger partial charge in [-0.1, -0.05) is 6.92 Å². The molecule has 1 aromatic rings. The van der Waals surface area contributed by atoms with Crippen molar-refractivity contribution in [1.29, 1.82) is 0 Å². The minimum absolute atomic E-state index is 0.0311. The summed E-state index contributed by atoms with van der Waals surface area (Å²) in [5.41, 5.74) is 2.05. The van der Waals surface area contributed by atoms with E-state index in [1.54, 1.807) is 17.5 Å². The van der Waals surface area contributed by atoms with Crippen molar-refractivity contribution in [3.63, 3.8) is 0 Å². The van der Waals surface area contributed by atoms with Gasteiger partial charge in [0.2, 0.25) is 5.91 Å². The van der Waals surface area contributed by atoms with Crippen molar-refractivity contribution in [3.05, 3.63) is 27.7 Å². The molecular formula is C12H17N3OS. The summed E-state index contributed by atoms with van der Waals surface area (Å²) in [6, 6.07) is 0.0334. The Bertz CT molecular complexity index is 419. The lowest BCUT2D eigenvalue weighted by Gasteiger charge is -2.22. The molecule has 1 aliphatic heterocycles. The van der Waals surface area contributed by atoms with Crippen LogP contribution in [0.3, 0.4) is 0 Å². The van der Waals surface area contributed by atoms with Gasteiger partial charge in [-0.25, -0.2) is 4.98 Å². The van der Waals surface area contributed by atoms with Crippen LogP contribution in [0.1, 0.15) is 31.3 Å². The van der Waals surface area contributed by atoms with E-state index in [-0.39, 0.29) is 11.9 Å². The minimum atomic E-state index is 0.0311. The summed E-state index contributed by atoms with van der Waals surface area (Å²) in [6.07, 6.45) is 2.64. The van der Waals surface area contributed by atoms with Crippen LogP contribution in [0.15, 0.2) is 22.7 Å². The van der Waals surface area contributed by atoms with E-state index in [2.05, 4.69) is 22.5 Å². The van der Waals surface area contributed by atoms with E-state index in [9.17, 15) is 4.79 Å². The van der Waals surface area contributed by atoms with Crippen molar-refractivity contribution in [2.24, 2.45) is 0 Å². The molecule has 1 amide bonds. The molecule has 0 spiro atoms. The van der Waals surface area contributed by atoms with E-state index in [0.29, 0.717) is 0 Å². The van der Waals surface area contributed by atoms with Gasteiger partial charge in [-0.15, -0.1) is 11.3 Å². The van der Waals surface area contributed by atoms with Gasteiger partial charge in [0.25, 0.3) is 0 Å². The van der Waals surface area contributed by atoms with Crippen LogP contribution in [0.2, 0.25) is 0 Å². The number of nitrogens with zero attached hydrogens (tertiary/aromatic N) is 1. The van der Waals surface area contributed by atoms with Crippen molar-refractivity contribution >= 4 is 17.2 Å². The third-order valence-electron chi connectivity index (χ3n) is 3.01. The first-order chi connectivity index (χ1) is 8.22. The highest BCUT2D eigenvalue weighted by molar-refractivity contribution is 7.09. The Morgan fingerprint density at radius 2 is 2.41 bits per heavy atom. The van der Waals surface area contributed by atoms with Gasteiger partial charge in [-0.05, 0) is 18.9 Å². The Morgan fingerprint density at radius 1 is 1.65 bits per heavy atom. The molecule has 1 unspecified atom stereocenters. The summed E-state index contributed by atoms with van der Waals surface area (Å²) in [4.78, 5) is 16.3. The fraction of sp³-hybridized carbons (Fsp3) is 0.500. The number of aromatic nitrogens is 1. The molecule has 4 nitrogen and oxygen atoms in total. The van der Waals surface area contributed by atoms with Gasteiger partial charge < -0.3 is 10.6 Å². The Labute approximate surface area is 105 Å². The number of amides is 1. The number of hydrogen-bond acceptors (Lipinski definition) is 4. The lowest BCUT2D eigenvalue weighted by molar-refractivity contribution is -0.118. The van der Waals surface area contributed by atoms with Crippen molar-refractivity contribution in [1.82, 2.24) is 15.6 Å². The third-order valence-corrected chi connectivity index (χ3v) is 3.90.